The van der Waals surface area contributed by atoms with Crippen LogP contribution in [0.5, 0.6) is 0 Å². The van der Waals surface area contributed by atoms with Crippen molar-refractivity contribution in [3.8, 4) is 6.07 Å². The topological polar surface area (TPSA) is 35.2 Å². The first-order valence-corrected chi connectivity index (χ1v) is 8.76. The molecule has 0 saturated carbocycles. The molecule has 4 heteroatoms. The van der Waals surface area contributed by atoms with E-state index in [2.05, 4.69) is 63.9 Å². The van der Waals surface area contributed by atoms with Crippen LogP contribution in [-0.4, -0.2) is 35.6 Å². The van der Waals surface area contributed by atoms with Gasteiger partial charge in [-0.3, -0.25) is 4.90 Å². The molecule has 0 bridgehead atoms. The molecule has 2 aromatic carbocycles. The molecule has 0 amide bonds. The van der Waals surface area contributed by atoms with E-state index in [0.717, 1.165) is 54.9 Å². The summed E-state index contributed by atoms with van der Waals surface area (Å²) in [6.45, 7) is 4.91. The number of fused-ring (bicyclic) bond motifs is 1. The molecular formula is C21H22N4. The van der Waals surface area contributed by atoms with Crippen LogP contribution in [0.4, 0.5) is 5.69 Å². The molecule has 126 valence electrons. The minimum Gasteiger partial charge on any atom is -0.369 e. The number of piperazine rings is 1. The summed E-state index contributed by atoms with van der Waals surface area (Å²) in [7, 11) is 2.07. The van der Waals surface area contributed by atoms with Gasteiger partial charge in [0.25, 0.3) is 0 Å². The van der Waals surface area contributed by atoms with Crippen LogP contribution in [0, 0.1) is 11.3 Å². The van der Waals surface area contributed by atoms with Gasteiger partial charge in [-0.25, -0.2) is 0 Å². The molecule has 25 heavy (non-hydrogen) atoms. The lowest BCUT2D eigenvalue weighted by atomic mass is 10.1. The Morgan fingerprint density at radius 1 is 0.920 bits per heavy atom. The summed E-state index contributed by atoms with van der Waals surface area (Å²) >= 11 is 0. The van der Waals surface area contributed by atoms with Crippen molar-refractivity contribution in [1.29, 1.82) is 5.26 Å². The molecule has 1 aromatic heterocycles. The molecule has 0 unspecified atom stereocenters. The summed E-state index contributed by atoms with van der Waals surface area (Å²) < 4.78 is 2.18. The Labute approximate surface area is 148 Å². The van der Waals surface area contributed by atoms with Crippen molar-refractivity contribution in [3.63, 3.8) is 0 Å². The maximum atomic E-state index is 9.66. The average Bonchev–Trinajstić information content (AvgIpc) is 2.95. The van der Waals surface area contributed by atoms with E-state index in [-0.39, 0.29) is 0 Å². The smallest absolute Gasteiger partial charge is 0.102 e. The molecule has 4 nitrogen and oxygen atoms in total. The first-order chi connectivity index (χ1) is 12.3. The number of hydrogen-bond donors (Lipinski definition) is 0. The number of para-hydroxylation sites is 2. The Morgan fingerprint density at radius 3 is 2.32 bits per heavy atom. The summed E-state index contributed by atoms with van der Waals surface area (Å²) in [6.07, 6.45) is 0. The Kier molecular flexibility index (Phi) is 4.17. The molecule has 3 aromatic rings. The zero-order chi connectivity index (χ0) is 17.2. The number of hydrogen-bond acceptors (Lipinski definition) is 3. The first kappa shape index (κ1) is 15.7. The van der Waals surface area contributed by atoms with Crippen LogP contribution in [0.3, 0.4) is 0 Å². The van der Waals surface area contributed by atoms with Gasteiger partial charge < -0.3 is 9.47 Å². The van der Waals surface area contributed by atoms with Gasteiger partial charge in [-0.05, 0) is 18.2 Å². The van der Waals surface area contributed by atoms with E-state index in [0.29, 0.717) is 0 Å². The van der Waals surface area contributed by atoms with Crippen molar-refractivity contribution in [2.75, 3.05) is 31.1 Å². The summed E-state index contributed by atoms with van der Waals surface area (Å²) in [5.41, 5.74) is 4.38. The Hall–Kier alpha value is -2.77. The van der Waals surface area contributed by atoms with Gasteiger partial charge in [-0.15, -0.1) is 0 Å². The second-order valence-electron chi connectivity index (χ2n) is 6.61. The summed E-state index contributed by atoms with van der Waals surface area (Å²) in [4.78, 5) is 4.89. The van der Waals surface area contributed by atoms with Gasteiger partial charge in [-0.1, -0.05) is 36.4 Å². The van der Waals surface area contributed by atoms with Gasteiger partial charge in [0, 0.05) is 56.4 Å². The first-order valence-electron chi connectivity index (χ1n) is 8.76. The van der Waals surface area contributed by atoms with Crippen molar-refractivity contribution in [2.24, 2.45) is 7.05 Å². The van der Waals surface area contributed by atoms with Gasteiger partial charge in [0.15, 0.2) is 0 Å². The molecule has 0 aliphatic carbocycles. The molecule has 0 atom stereocenters. The Bertz CT molecular complexity index is 912. The van der Waals surface area contributed by atoms with E-state index < -0.39 is 0 Å². The van der Waals surface area contributed by atoms with Crippen LogP contribution in [0.25, 0.3) is 10.9 Å². The van der Waals surface area contributed by atoms with E-state index in [1.807, 2.05) is 18.2 Å². The van der Waals surface area contributed by atoms with Crippen LogP contribution in [0.2, 0.25) is 0 Å². The van der Waals surface area contributed by atoms with E-state index in [4.69, 9.17) is 0 Å². The van der Waals surface area contributed by atoms with Crippen molar-refractivity contribution in [1.82, 2.24) is 9.47 Å². The molecule has 1 aliphatic rings. The van der Waals surface area contributed by atoms with Crippen LogP contribution in [0.1, 0.15) is 11.3 Å². The molecule has 0 N–H and O–H groups in total. The van der Waals surface area contributed by atoms with Crippen LogP contribution >= 0.6 is 0 Å². The molecule has 0 radical (unpaired) electrons. The van der Waals surface area contributed by atoms with E-state index in [1.165, 1.54) is 5.69 Å². The van der Waals surface area contributed by atoms with Gasteiger partial charge >= 0.3 is 0 Å². The number of nitriles is 1. The Morgan fingerprint density at radius 2 is 1.60 bits per heavy atom. The fourth-order valence-electron chi connectivity index (χ4n) is 3.77. The highest BCUT2D eigenvalue weighted by atomic mass is 15.3. The fraction of sp³-hybridized carbons (Fsp3) is 0.286. The normalized spacial score (nSPS) is 15.4. The van der Waals surface area contributed by atoms with Crippen molar-refractivity contribution in [3.05, 3.63) is 65.9 Å². The SMILES string of the molecule is Cn1c(CN2CCN(c3ccccc3)CC2)c(C#N)c2ccccc21. The van der Waals surface area contributed by atoms with Crippen LogP contribution < -0.4 is 4.90 Å². The molecule has 1 saturated heterocycles. The van der Waals surface area contributed by atoms with Gasteiger partial charge in [0.1, 0.15) is 6.07 Å². The van der Waals surface area contributed by atoms with Crippen LogP contribution in [0.15, 0.2) is 54.6 Å². The molecule has 2 heterocycles. The number of aromatic nitrogens is 1. The third-order valence-corrected chi connectivity index (χ3v) is 5.21. The molecule has 0 spiro atoms. The number of benzene rings is 2. The highest BCUT2D eigenvalue weighted by molar-refractivity contribution is 5.88. The minimum absolute atomic E-state index is 0.823. The highest BCUT2D eigenvalue weighted by Gasteiger charge is 2.21. The van der Waals surface area contributed by atoms with E-state index in [1.54, 1.807) is 0 Å². The lowest BCUT2D eigenvalue weighted by molar-refractivity contribution is 0.245. The number of anilines is 1. The average molecular weight is 330 g/mol. The van der Waals surface area contributed by atoms with Crippen molar-refractivity contribution in [2.45, 2.75) is 6.54 Å². The third kappa shape index (κ3) is 2.88. The van der Waals surface area contributed by atoms with Crippen molar-refractivity contribution >= 4 is 16.6 Å². The summed E-state index contributed by atoms with van der Waals surface area (Å²) in [5, 5.41) is 10.7. The highest BCUT2D eigenvalue weighted by Crippen LogP contribution is 2.26. The zero-order valence-electron chi connectivity index (χ0n) is 14.5. The number of nitrogens with zero attached hydrogens (tertiary/aromatic N) is 4. The predicted octanol–water partition coefficient (Wildman–Crippen LogP) is 3.37. The van der Waals surface area contributed by atoms with Crippen LogP contribution in [-0.2, 0) is 13.6 Å². The van der Waals surface area contributed by atoms with Gasteiger partial charge in [-0.2, -0.15) is 5.26 Å². The van der Waals surface area contributed by atoms with E-state index in [9.17, 15) is 5.26 Å². The fourth-order valence-corrected chi connectivity index (χ4v) is 3.77. The monoisotopic (exact) mass is 330 g/mol. The lowest BCUT2D eigenvalue weighted by Gasteiger charge is -2.36. The molecule has 4 rings (SSSR count). The summed E-state index contributed by atoms with van der Waals surface area (Å²) in [5.74, 6) is 0. The predicted molar refractivity (Wildman–Crippen MR) is 102 cm³/mol. The second-order valence-corrected chi connectivity index (χ2v) is 6.61. The molecule has 1 aliphatic heterocycles. The molecular weight excluding hydrogens is 308 g/mol. The maximum absolute atomic E-state index is 9.66. The van der Waals surface area contributed by atoms with Crippen molar-refractivity contribution < 1.29 is 0 Å². The minimum atomic E-state index is 0.823. The maximum Gasteiger partial charge on any atom is 0.102 e. The molecule has 1 fully saturated rings. The number of rotatable bonds is 3. The third-order valence-electron chi connectivity index (χ3n) is 5.21. The standard InChI is InChI=1S/C21H22N4/c1-23-20-10-6-5-9-18(20)19(15-22)21(23)16-24-11-13-25(14-12-24)17-7-3-2-4-8-17/h2-10H,11-14,16H2,1H3. The van der Waals surface area contributed by atoms with Gasteiger partial charge in [0.2, 0.25) is 0 Å². The van der Waals surface area contributed by atoms with Gasteiger partial charge in [0.05, 0.1) is 11.3 Å². The quantitative estimate of drug-likeness (QED) is 0.738. The Balaban J connectivity index is 1.52. The van der Waals surface area contributed by atoms with E-state index >= 15 is 0 Å². The largest absolute Gasteiger partial charge is 0.369 e. The number of aryl methyl sites for hydroxylation is 1. The lowest BCUT2D eigenvalue weighted by Crippen LogP contribution is -2.46. The second kappa shape index (κ2) is 6.62. The summed E-state index contributed by atoms with van der Waals surface area (Å²) in [6, 6.07) is 21.2. The zero-order valence-corrected chi connectivity index (χ0v) is 14.5.